The van der Waals surface area contributed by atoms with Crippen LogP contribution in [0.5, 0.6) is 0 Å². The number of ether oxygens (including phenoxy) is 1. The minimum absolute atomic E-state index is 0.422. The van der Waals surface area contributed by atoms with Gasteiger partial charge in [0.15, 0.2) is 0 Å². The van der Waals surface area contributed by atoms with Gasteiger partial charge in [-0.25, -0.2) is 0 Å². The van der Waals surface area contributed by atoms with Crippen LogP contribution in [0.1, 0.15) is 32.4 Å². The lowest BCUT2D eigenvalue weighted by Gasteiger charge is -2.27. The van der Waals surface area contributed by atoms with Crippen LogP contribution >= 0.6 is 0 Å². The van der Waals surface area contributed by atoms with E-state index in [1.165, 1.54) is 0 Å². The van der Waals surface area contributed by atoms with Crippen molar-refractivity contribution in [2.45, 2.75) is 26.9 Å². The van der Waals surface area contributed by atoms with Crippen molar-refractivity contribution in [3.63, 3.8) is 0 Å². The number of carboxylic acid groups (broad SMARTS) is 1. The maximum absolute atomic E-state index is 12.0. The average Bonchev–Trinajstić information content (AvgIpc) is 2.68. The molecule has 0 spiro atoms. The number of hydrogen-bond acceptors (Lipinski definition) is 3. The minimum atomic E-state index is -0.986. The number of hydrogen-bond donors (Lipinski definition) is 1. The molecule has 0 unspecified atom stereocenters. The molecule has 0 aliphatic carbocycles. The molecule has 0 saturated carbocycles. The van der Waals surface area contributed by atoms with Gasteiger partial charge >= 0.3 is 11.9 Å². The number of cyclic esters (lactones) is 1. The standard InChI is InChI=1S/C15H18O4/c1-15(2,3)11-10(13(16)17)12(19-14(11)18)9-7-5-4-6-8-9/h4-8,10-12H,1-3H3,(H,16,17)/t10-,11-,12-/m0/s1. The molecule has 1 aliphatic heterocycles. The summed E-state index contributed by atoms with van der Waals surface area (Å²) in [5.74, 6) is -2.88. The molecule has 0 aromatic heterocycles. The number of carbonyl (C=O) groups excluding carboxylic acids is 1. The quantitative estimate of drug-likeness (QED) is 0.832. The molecule has 1 N–H and O–H groups in total. The fraction of sp³-hybridized carbons (Fsp3) is 0.467. The Balaban J connectivity index is 2.42. The highest BCUT2D eigenvalue weighted by Crippen LogP contribution is 2.47. The van der Waals surface area contributed by atoms with Crippen molar-refractivity contribution in [1.82, 2.24) is 0 Å². The van der Waals surface area contributed by atoms with Crippen LogP contribution in [0.3, 0.4) is 0 Å². The first-order valence-corrected chi connectivity index (χ1v) is 6.30. The van der Waals surface area contributed by atoms with Crippen LogP contribution in [0.4, 0.5) is 0 Å². The van der Waals surface area contributed by atoms with E-state index in [0.29, 0.717) is 0 Å². The van der Waals surface area contributed by atoms with E-state index in [1.54, 1.807) is 12.1 Å². The molecule has 1 heterocycles. The van der Waals surface area contributed by atoms with Gasteiger partial charge in [-0.2, -0.15) is 0 Å². The molecule has 1 fully saturated rings. The largest absolute Gasteiger partial charge is 0.481 e. The van der Waals surface area contributed by atoms with Gasteiger partial charge in [0.05, 0.1) is 5.92 Å². The number of carboxylic acids is 1. The zero-order chi connectivity index (χ0) is 14.2. The lowest BCUT2D eigenvalue weighted by molar-refractivity contribution is -0.148. The van der Waals surface area contributed by atoms with Crippen molar-refractivity contribution in [3.05, 3.63) is 35.9 Å². The number of benzene rings is 1. The van der Waals surface area contributed by atoms with Crippen molar-refractivity contribution in [1.29, 1.82) is 0 Å². The second kappa shape index (κ2) is 4.68. The highest BCUT2D eigenvalue weighted by Gasteiger charge is 2.54. The normalized spacial score (nSPS) is 27.1. The van der Waals surface area contributed by atoms with E-state index in [1.807, 2.05) is 39.0 Å². The van der Waals surface area contributed by atoms with Gasteiger partial charge in [0.25, 0.3) is 0 Å². The Labute approximate surface area is 112 Å². The topological polar surface area (TPSA) is 63.6 Å². The Hall–Kier alpha value is -1.84. The highest BCUT2D eigenvalue weighted by molar-refractivity contribution is 5.85. The summed E-state index contributed by atoms with van der Waals surface area (Å²) < 4.78 is 5.34. The number of carbonyl (C=O) groups is 2. The molecule has 0 bridgehead atoms. The van der Waals surface area contributed by atoms with E-state index in [4.69, 9.17) is 4.74 Å². The summed E-state index contributed by atoms with van der Waals surface area (Å²) in [7, 11) is 0. The average molecular weight is 262 g/mol. The molecule has 1 saturated heterocycles. The fourth-order valence-corrected chi connectivity index (χ4v) is 2.68. The van der Waals surface area contributed by atoms with Crippen molar-refractivity contribution in [2.24, 2.45) is 17.3 Å². The van der Waals surface area contributed by atoms with Gasteiger partial charge in [0.1, 0.15) is 12.0 Å². The van der Waals surface area contributed by atoms with Crippen molar-refractivity contribution >= 4 is 11.9 Å². The SMILES string of the molecule is CC(C)(C)[C@@H]1C(=O)O[C@@H](c2ccccc2)[C@H]1C(=O)O. The third-order valence-corrected chi connectivity index (χ3v) is 3.53. The van der Waals surface area contributed by atoms with Crippen LogP contribution in [-0.2, 0) is 14.3 Å². The highest BCUT2D eigenvalue weighted by atomic mass is 16.6. The summed E-state index contributed by atoms with van der Waals surface area (Å²) in [6.45, 7) is 5.59. The number of esters is 1. The second-order valence-electron chi connectivity index (χ2n) is 5.98. The molecule has 4 heteroatoms. The van der Waals surface area contributed by atoms with E-state index in [2.05, 4.69) is 0 Å². The molecule has 1 aromatic rings. The lowest BCUT2D eigenvalue weighted by atomic mass is 9.72. The Kier molecular flexibility index (Phi) is 3.35. The second-order valence-corrected chi connectivity index (χ2v) is 5.98. The molecular weight excluding hydrogens is 244 g/mol. The predicted octanol–water partition coefficient (Wildman–Crippen LogP) is 2.65. The van der Waals surface area contributed by atoms with Crippen LogP contribution in [0.2, 0.25) is 0 Å². The molecule has 4 nitrogen and oxygen atoms in total. The first kappa shape index (κ1) is 13.6. The zero-order valence-corrected chi connectivity index (χ0v) is 11.3. The van der Waals surface area contributed by atoms with Gasteiger partial charge in [-0.1, -0.05) is 51.1 Å². The maximum atomic E-state index is 12.0. The molecule has 0 radical (unpaired) electrons. The monoisotopic (exact) mass is 262 g/mol. The first-order valence-electron chi connectivity index (χ1n) is 6.30. The van der Waals surface area contributed by atoms with E-state index in [9.17, 15) is 14.7 Å². The van der Waals surface area contributed by atoms with Crippen molar-refractivity contribution in [2.75, 3.05) is 0 Å². The fourth-order valence-electron chi connectivity index (χ4n) is 2.68. The summed E-state index contributed by atoms with van der Waals surface area (Å²) in [4.78, 5) is 23.6. The van der Waals surface area contributed by atoms with Crippen LogP contribution in [0.15, 0.2) is 30.3 Å². The summed E-state index contributed by atoms with van der Waals surface area (Å²) in [5, 5.41) is 9.46. The molecule has 102 valence electrons. The molecule has 1 aromatic carbocycles. The number of aliphatic carboxylic acids is 1. The number of rotatable bonds is 2. The van der Waals surface area contributed by atoms with Crippen LogP contribution in [0, 0.1) is 17.3 Å². The van der Waals surface area contributed by atoms with Crippen molar-refractivity contribution < 1.29 is 19.4 Å². The van der Waals surface area contributed by atoms with Gasteiger partial charge in [-0.3, -0.25) is 9.59 Å². The van der Waals surface area contributed by atoms with Gasteiger partial charge in [-0.15, -0.1) is 0 Å². The summed E-state index contributed by atoms with van der Waals surface area (Å²) in [6.07, 6.45) is -0.699. The third kappa shape index (κ3) is 2.48. The summed E-state index contributed by atoms with van der Waals surface area (Å²) in [6, 6.07) is 9.05. The Morgan fingerprint density at radius 1 is 1.21 bits per heavy atom. The van der Waals surface area contributed by atoms with Gasteiger partial charge in [0.2, 0.25) is 0 Å². The maximum Gasteiger partial charge on any atom is 0.311 e. The molecule has 1 aliphatic rings. The first-order chi connectivity index (χ1) is 8.82. The van der Waals surface area contributed by atoms with Crippen molar-refractivity contribution in [3.8, 4) is 0 Å². The Morgan fingerprint density at radius 3 is 2.26 bits per heavy atom. The van der Waals surface area contributed by atoms with E-state index >= 15 is 0 Å². The van der Waals surface area contributed by atoms with E-state index in [0.717, 1.165) is 5.56 Å². The van der Waals surface area contributed by atoms with Crippen LogP contribution in [0.25, 0.3) is 0 Å². The molecule has 3 atom stereocenters. The molecular formula is C15H18O4. The predicted molar refractivity (Wildman–Crippen MR) is 69.3 cm³/mol. The third-order valence-electron chi connectivity index (χ3n) is 3.53. The molecule has 2 rings (SSSR count). The molecule has 0 amide bonds. The van der Waals surface area contributed by atoms with Gasteiger partial charge in [-0.05, 0) is 11.0 Å². The summed E-state index contributed by atoms with van der Waals surface area (Å²) in [5.41, 5.74) is 0.291. The summed E-state index contributed by atoms with van der Waals surface area (Å²) >= 11 is 0. The van der Waals surface area contributed by atoms with Gasteiger partial charge in [0, 0.05) is 0 Å². The van der Waals surface area contributed by atoms with Gasteiger partial charge < -0.3 is 9.84 Å². The minimum Gasteiger partial charge on any atom is -0.481 e. The Bertz CT molecular complexity index is 487. The van der Waals surface area contributed by atoms with Crippen LogP contribution < -0.4 is 0 Å². The zero-order valence-electron chi connectivity index (χ0n) is 11.3. The molecule has 19 heavy (non-hydrogen) atoms. The van der Waals surface area contributed by atoms with Crippen LogP contribution in [-0.4, -0.2) is 17.0 Å². The smallest absolute Gasteiger partial charge is 0.311 e. The van der Waals surface area contributed by atoms with E-state index < -0.39 is 35.3 Å². The van der Waals surface area contributed by atoms with E-state index in [-0.39, 0.29) is 0 Å². The lowest BCUT2D eigenvalue weighted by Crippen LogP contribution is -2.34. The Morgan fingerprint density at radius 2 is 1.79 bits per heavy atom.